The third-order valence-electron chi connectivity index (χ3n) is 2.00. The van der Waals surface area contributed by atoms with Gasteiger partial charge >= 0.3 is 0 Å². The number of nitrogens with one attached hydrogen (secondary N) is 2. The maximum atomic E-state index is 7.01. The van der Waals surface area contributed by atoms with Crippen LogP contribution in [0.1, 0.15) is 26.2 Å². The van der Waals surface area contributed by atoms with Gasteiger partial charge in [0.2, 0.25) is 0 Å². The van der Waals surface area contributed by atoms with E-state index in [2.05, 4.69) is 21.2 Å². The third-order valence-corrected chi connectivity index (χ3v) is 2.85. The Morgan fingerprint density at radius 2 is 2.27 bits per heavy atom. The quantitative estimate of drug-likeness (QED) is 0.552. The average Bonchev–Trinajstić information content (AvgIpc) is 1.94. The van der Waals surface area contributed by atoms with Crippen molar-refractivity contribution in [3.05, 3.63) is 10.2 Å². The number of hydrogen-bond acceptors (Lipinski definition) is 2. The molecule has 1 fully saturated rings. The van der Waals surface area contributed by atoms with Crippen molar-refractivity contribution in [2.75, 3.05) is 0 Å². The van der Waals surface area contributed by atoms with Gasteiger partial charge in [0.1, 0.15) is 0 Å². The van der Waals surface area contributed by atoms with E-state index < -0.39 is 0 Å². The highest BCUT2D eigenvalue weighted by molar-refractivity contribution is 9.11. The molecule has 1 aliphatic carbocycles. The normalized spacial score (nSPS) is 20.2. The summed E-state index contributed by atoms with van der Waals surface area (Å²) < 4.78 is 0.970. The molecule has 0 aliphatic heterocycles. The summed E-state index contributed by atoms with van der Waals surface area (Å²) in [7, 11) is 0. The summed E-state index contributed by atoms with van der Waals surface area (Å²) in [4.78, 5) is 0. The van der Waals surface area contributed by atoms with Crippen molar-refractivity contribution in [2.24, 2.45) is 0 Å². The van der Waals surface area contributed by atoms with Crippen molar-refractivity contribution < 1.29 is 0 Å². The van der Waals surface area contributed by atoms with Gasteiger partial charge in [-0.1, -0.05) is 0 Å². The smallest absolute Gasteiger partial charge is 0.0827 e. The summed E-state index contributed by atoms with van der Waals surface area (Å²) in [5.74, 6) is 0. The maximum absolute atomic E-state index is 7.01. The van der Waals surface area contributed by atoms with Gasteiger partial charge in [0.05, 0.1) is 4.61 Å². The van der Waals surface area contributed by atoms with E-state index in [1.54, 1.807) is 0 Å². The highest BCUT2D eigenvalue weighted by Gasteiger charge is 2.17. The molecule has 0 unspecified atom stereocenters. The molecule has 0 atom stereocenters. The van der Waals surface area contributed by atoms with Crippen LogP contribution < -0.4 is 5.32 Å². The van der Waals surface area contributed by atoms with Crippen LogP contribution in [0.15, 0.2) is 10.2 Å². The van der Waals surface area contributed by atoms with Crippen LogP contribution in [0.4, 0.5) is 0 Å². The Balaban J connectivity index is 2.40. The van der Waals surface area contributed by atoms with Gasteiger partial charge in [-0.25, -0.2) is 0 Å². The minimum atomic E-state index is 0.638. The molecule has 0 saturated heterocycles. The van der Waals surface area contributed by atoms with Crippen LogP contribution in [-0.4, -0.2) is 12.3 Å². The van der Waals surface area contributed by atoms with Crippen LogP contribution in [0.25, 0.3) is 0 Å². The molecule has 0 aromatic heterocycles. The molecule has 0 spiro atoms. The fraction of sp³-hybridized carbons (Fsp3) is 0.625. The van der Waals surface area contributed by atoms with E-state index in [0.717, 1.165) is 10.2 Å². The average molecular weight is 217 g/mol. The van der Waals surface area contributed by atoms with Gasteiger partial charge in [0, 0.05) is 12.3 Å². The topological polar surface area (TPSA) is 35.9 Å². The van der Waals surface area contributed by atoms with Crippen molar-refractivity contribution in [1.29, 1.82) is 5.41 Å². The van der Waals surface area contributed by atoms with E-state index in [4.69, 9.17) is 5.41 Å². The molecule has 11 heavy (non-hydrogen) atoms. The number of rotatable bonds is 3. The lowest BCUT2D eigenvalue weighted by Crippen LogP contribution is -2.33. The molecule has 1 aliphatic rings. The molecule has 3 heteroatoms. The molecule has 1 rings (SSSR count). The van der Waals surface area contributed by atoms with E-state index in [-0.39, 0.29) is 0 Å². The fourth-order valence-corrected chi connectivity index (χ4v) is 1.35. The summed E-state index contributed by atoms with van der Waals surface area (Å²) in [6.07, 6.45) is 5.22. The van der Waals surface area contributed by atoms with Gasteiger partial charge in [0.15, 0.2) is 0 Å². The molecular weight excluding hydrogens is 204 g/mol. The number of allylic oxidation sites excluding steroid dienone is 1. The van der Waals surface area contributed by atoms with Crippen LogP contribution in [0.5, 0.6) is 0 Å². The molecule has 0 amide bonds. The lowest BCUT2D eigenvalue weighted by atomic mass is 9.93. The molecule has 0 bridgehead atoms. The molecular formula is C8H13BrN2. The minimum absolute atomic E-state index is 0.638. The lowest BCUT2D eigenvalue weighted by molar-refractivity contribution is 0.371. The van der Waals surface area contributed by atoms with Crippen LogP contribution >= 0.6 is 15.9 Å². The summed E-state index contributed by atoms with van der Waals surface area (Å²) in [6, 6.07) is 0.638. The second-order valence-electron chi connectivity index (χ2n) is 2.91. The van der Waals surface area contributed by atoms with Gasteiger partial charge in [0.25, 0.3) is 0 Å². The van der Waals surface area contributed by atoms with Gasteiger partial charge < -0.3 is 10.7 Å². The van der Waals surface area contributed by atoms with Crippen LogP contribution in [0.2, 0.25) is 0 Å². The van der Waals surface area contributed by atoms with E-state index in [1.807, 2.05) is 6.92 Å². The van der Waals surface area contributed by atoms with Gasteiger partial charge in [-0.05, 0) is 47.7 Å². The summed E-state index contributed by atoms with van der Waals surface area (Å²) in [5.41, 5.74) is 0.955. The fourth-order valence-electron chi connectivity index (χ4n) is 0.909. The Kier molecular flexibility index (Phi) is 3.12. The van der Waals surface area contributed by atoms with Crippen molar-refractivity contribution >= 4 is 22.1 Å². The van der Waals surface area contributed by atoms with Crippen molar-refractivity contribution in [1.82, 2.24) is 5.32 Å². The number of hydrogen-bond donors (Lipinski definition) is 2. The monoisotopic (exact) mass is 216 g/mol. The molecule has 0 heterocycles. The molecule has 0 aromatic rings. The first kappa shape index (κ1) is 8.78. The summed E-state index contributed by atoms with van der Waals surface area (Å²) >= 11 is 3.40. The SMILES string of the molecule is C/C(C=N)=C(\Br)NC1CCC1. The summed E-state index contributed by atoms with van der Waals surface area (Å²) in [6.45, 7) is 1.92. The Hall–Kier alpha value is -0.310. The first-order chi connectivity index (χ1) is 5.24. The highest BCUT2D eigenvalue weighted by atomic mass is 79.9. The third kappa shape index (κ3) is 2.33. The predicted molar refractivity (Wildman–Crippen MR) is 51.2 cm³/mol. The van der Waals surface area contributed by atoms with Crippen molar-refractivity contribution in [2.45, 2.75) is 32.2 Å². The minimum Gasteiger partial charge on any atom is -0.376 e. The first-order valence-corrected chi connectivity index (χ1v) is 4.66. The van der Waals surface area contributed by atoms with Crippen LogP contribution in [0, 0.1) is 5.41 Å². The zero-order chi connectivity index (χ0) is 8.27. The van der Waals surface area contributed by atoms with E-state index >= 15 is 0 Å². The second kappa shape index (κ2) is 3.90. The molecule has 2 nitrogen and oxygen atoms in total. The van der Waals surface area contributed by atoms with Crippen LogP contribution in [0.3, 0.4) is 0 Å². The standard InChI is InChI=1S/C8H13BrN2/c1-6(5-10)8(9)11-7-3-2-4-7/h5,7,10-11H,2-4H2,1H3/b8-6-,10-5?. The predicted octanol–water partition coefficient (Wildman–Crippen LogP) is 2.40. The Morgan fingerprint density at radius 1 is 1.64 bits per heavy atom. The summed E-state index contributed by atoms with van der Waals surface area (Å²) in [5, 5.41) is 10.3. The van der Waals surface area contributed by atoms with Gasteiger partial charge in [-0.15, -0.1) is 0 Å². The Labute approximate surface area is 75.7 Å². The zero-order valence-electron chi connectivity index (χ0n) is 6.65. The number of halogens is 1. The Morgan fingerprint density at radius 3 is 2.64 bits per heavy atom. The van der Waals surface area contributed by atoms with Gasteiger partial charge in [-0.3, -0.25) is 0 Å². The maximum Gasteiger partial charge on any atom is 0.0827 e. The second-order valence-corrected chi connectivity index (χ2v) is 3.71. The largest absolute Gasteiger partial charge is 0.376 e. The van der Waals surface area contributed by atoms with Gasteiger partial charge in [-0.2, -0.15) is 0 Å². The van der Waals surface area contributed by atoms with E-state index in [1.165, 1.54) is 25.5 Å². The lowest BCUT2D eigenvalue weighted by Gasteiger charge is -2.27. The van der Waals surface area contributed by atoms with E-state index in [9.17, 15) is 0 Å². The first-order valence-electron chi connectivity index (χ1n) is 3.87. The van der Waals surface area contributed by atoms with E-state index in [0.29, 0.717) is 6.04 Å². The van der Waals surface area contributed by atoms with Crippen molar-refractivity contribution in [3.8, 4) is 0 Å². The zero-order valence-corrected chi connectivity index (χ0v) is 8.24. The molecule has 2 N–H and O–H groups in total. The molecule has 0 aromatic carbocycles. The Bertz CT molecular complexity index is 183. The molecule has 62 valence electrons. The van der Waals surface area contributed by atoms with Crippen LogP contribution in [-0.2, 0) is 0 Å². The highest BCUT2D eigenvalue weighted by Crippen LogP contribution is 2.21. The van der Waals surface area contributed by atoms with Crippen molar-refractivity contribution in [3.63, 3.8) is 0 Å². The molecule has 0 radical (unpaired) electrons. The molecule has 1 saturated carbocycles.